The number of amides is 1. The first-order valence-electron chi connectivity index (χ1n) is 11.1. The molecular weight excluding hydrogens is 438 g/mol. The maximum Gasteiger partial charge on any atom is 0.401 e. The maximum absolute atomic E-state index is 13.6. The molecule has 0 spiro atoms. The molecule has 2 N–H and O–H groups in total. The molecule has 2 heterocycles. The van der Waals surface area contributed by atoms with Gasteiger partial charge in [-0.2, -0.15) is 13.2 Å². The Hall–Kier alpha value is -2.49. The number of rotatable bonds is 5. The highest BCUT2D eigenvalue weighted by atomic mass is 19.4. The summed E-state index contributed by atoms with van der Waals surface area (Å²) in [5.41, 5.74) is 2.97. The van der Waals surface area contributed by atoms with E-state index in [0.29, 0.717) is 25.9 Å². The number of hydrogen-bond donors (Lipinski definition) is 2. The summed E-state index contributed by atoms with van der Waals surface area (Å²) in [4.78, 5) is 15.3. The van der Waals surface area contributed by atoms with E-state index in [0.717, 1.165) is 16.7 Å². The first-order valence-corrected chi connectivity index (χ1v) is 11.1. The second kappa shape index (κ2) is 10.2. The molecule has 0 aromatic heterocycles. The molecule has 0 unspecified atom stereocenters. The number of nitrogens with one attached hydrogen (secondary N) is 2. The molecule has 0 bridgehead atoms. The van der Waals surface area contributed by atoms with Crippen LogP contribution in [0.5, 0.6) is 0 Å². The lowest BCUT2D eigenvalue weighted by Crippen LogP contribution is -2.46. The van der Waals surface area contributed by atoms with Crippen molar-refractivity contribution in [3.63, 3.8) is 0 Å². The molecule has 2 aliphatic heterocycles. The summed E-state index contributed by atoms with van der Waals surface area (Å²) in [6, 6.07) is 13.4. The predicted molar refractivity (Wildman–Crippen MR) is 115 cm³/mol. The fourth-order valence-corrected chi connectivity index (χ4v) is 4.50. The summed E-state index contributed by atoms with van der Waals surface area (Å²) < 4.78 is 56.6. The molecule has 0 saturated carbocycles. The lowest BCUT2D eigenvalue weighted by Gasteiger charge is -2.39. The van der Waals surface area contributed by atoms with Crippen LogP contribution in [0.25, 0.3) is 0 Å². The Bertz CT molecular complexity index is 951. The fourth-order valence-electron chi connectivity index (χ4n) is 4.50. The molecule has 2 aromatic carbocycles. The Kier molecular flexibility index (Phi) is 7.31. The molecule has 33 heavy (non-hydrogen) atoms. The van der Waals surface area contributed by atoms with Crippen LogP contribution in [0.1, 0.15) is 29.2 Å². The Morgan fingerprint density at radius 3 is 2.67 bits per heavy atom. The smallest absolute Gasteiger partial charge is 0.367 e. The first-order chi connectivity index (χ1) is 15.8. The normalized spacial score (nSPS) is 23.6. The highest BCUT2D eigenvalue weighted by Crippen LogP contribution is 2.36. The van der Waals surface area contributed by atoms with E-state index in [-0.39, 0.29) is 37.0 Å². The third-order valence-electron chi connectivity index (χ3n) is 6.08. The largest absolute Gasteiger partial charge is 0.401 e. The van der Waals surface area contributed by atoms with Crippen LogP contribution in [0.15, 0.2) is 48.5 Å². The van der Waals surface area contributed by atoms with Crippen molar-refractivity contribution in [2.45, 2.75) is 37.2 Å². The van der Waals surface area contributed by atoms with Crippen LogP contribution in [-0.4, -0.2) is 61.9 Å². The van der Waals surface area contributed by atoms with Gasteiger partial charge in [0.25, 0.3) is 5.91 Å². The van der Waals surface area contributed by atoms with Crippen LogP contribution in [0.3, 0.4) is 0 Å². The van der Waals surface area contributed by atoms with Crippen LogP contribution in [0.4, 0.5) is 17.6 Å². The van der Waals surface area contributed by atoms with E-state index in [1.807, 2.05) is 24.3 Å². The van der Waals surface area contributed by atoms with E-state index in [2.05, 4.69) is 10.6 Å². The number of nitrogens with zero attached hydrogens (tertiary/aromatic N) is 1. The van der Waals surface area contributed by atoms with Crippen molar-refractivity contribution in [2.24, 2.45) is 0 Å². The van der Waals surface area contributed by atoms with Gasteiger partial charge in [0.1, 0.15) is 11.9 Å². The van der Waals surface area contributed by atoms with Crippen LogP contribution in [0, 0.1) is 5.82 Å². The fraction of sp³-hybridized carbons (Fsp3) is 0.458. The monoisotopic (exact) mass is 465 g/mol. The summed E-state index contributed by atoms with van der Waals surface area (Å²) in [5, 5.41) is 5.53. The number of carbonyl (C=O) groups excluding carboxylic acids is 1. The zero-order valence-corrected chi connectivity index (χ0v) is 18.1. The van der Waals surface area contributed by atoms with Crippen molar-refractivity contribution in [2.75, 3.05) is 32.8 Å². The standard InChI is InChI=1S/C24H27F4N3O2/c25-18-7-5-17(6-8-18)22-20-4-2-1-3-16(20)10-12-31(22)23(32)21-9-11-30-19(14-33-21)13-29-15-24(26,27)28/h1-8,19,21-22,29-30H,9-15H2/t19-,21+,22-/m0/s1. The quantitative estimate of drug-likeness (QED) is 0.666. The molecule has 178 valence electrons. The lowest BCUT2D eigenvalue weighted by molar-refractivity contribution is -0.146. The van der Waals surface area contributed by atoms with Gasteiger partial charge in [-0.15, -0.1) is 0 Å². The number of benzene rings is 2. The Morgan fingerprint density at radius 2 is 1.91 bits per heavy atom. The third kappa shape index (κ3) is 5.90. The zero-order chi connectivity index (χ0) is 23.4. The molecular formula is C24H27F4N3O2. The molecule has 4 rings (SSSR count). The second-order valence-electron chi connectivity index (χ2n) is 8.44. The summed E-state index contributed by atoms with van der Waals surface area (Å²) >= 11 is 0. The highest BCUT2D eigenvalue weighted by molar-refractivity contribution is 5.82. The van der Waals surface area contributed by atoms with E-state index in [4.69, 9.17) is 4.74 Å². The van der Waals surface area contributed by atoms with Gasteiger partial charge in [0.2, 0.25) is 0 Å². The minimum absolute atomic E-state index is 0.0930. The number of carbonyl (C=O) groups is 1. The van der Waals surface area contributed by atoms with Gasteiger partial charge in [0.15, 0.2) is 0 Å². The number of ether oxygens (including phenoxy) is 1. The summed E-state index contributed by atoms with van der Waals surface area (Å²) in [6.07, 6.45) is -3.85. The molecule has 1 amide bonds. The number of hydrogen-bond acceptors (Lipinski definition) is 4. The van der Waals surface area contributed by atoms with Gasteiger partial charge in [0.05, 0.1) is 19.2 Å². The van der Waals surface area contributed by atoms with Crippen LogP contribution in [0.2, 0.25) is 0 Å². The minimum atomic E-state index is -4.27. The van der Waals surface area contributed by atoms with Gasteiger partial charge in [-0.1, -0.05) is 36.4 Å². The van der Waals surface area contributed by atoms with Gasteiger partial charge in [-0.25, -0.2) is 4.39 Å². The molecule has 9 heteroatoms. The van der Waals surface area contributed by atoms with E-state index in [9.17, 15) is 22.4 Å². The average molecular weight is 465 g/mol. The third-order valence-corrected chi connectivity index (χ3v) is 6.08. The van der Waals surface area contributed by atoms with Gasteiger partial charge in [-0.05, 0) is 48.2 Å². The minimum Gasteiger partial charge on any atom is -0.367 e. The molecule has 2 aromatic rings. The van der Waals surface area contributed by atoms with Crippen molar-refractivity contribution in [3.8, 4) is 0 Å². The zero-order valence-electron chi connectivity index (χ0n) is 18.1. The molecule has 1 saturated heterocycles. The SMILES string of the molecule is O=C([C@H]1CCN[C@@H](CNCC(F)(F)F)CO1)N1CCc2ccccc2[C@@H]1c1ccc(F)cc1. The van der Waals surface area contributed by atoms with Crippen molar-refractivity contribution < 1.29 is 27.1 Å². The summed E-state index contributed by atoms with van der Waals surface area (Å²) in [7, 11) is 0. The van der Waals surface area contributed by atoms with Crippen molar-refractivity contribution >= 4 is 5.91 Å². The van der Waals surface area contributed by atoms with Gasteiger partial charge >= 0.3 is 6.18 Å². The molecule has 2 aliphatic rings. The van der Waals surface area contributed by atoms with Gasteiger partial charge in [0, 0.05) is 19.1 Å². The number of fused-ring (bicyclic) bond motifs is 1. The van der Waals surface area contributed by atoms with Crippen molar-refractivity contribution in [1.82, 2.24) is 15.5 Å². The molecule has 3 atom stereocenters. The molecule has 0 aliphatic carbocycles. The topological polar surface area (TPSA) is 53.6 Å². The predicted octanol–water partition coefficient (Wildman–Crippen LogP) is 3.20. The van der Waals surface area contributed by atoms with Gasteiger partial charge in [-0.3, -0.25) is 4.79 Å². The Morgan fingerprint density at radius 1 is 1.15 bits per heavy atom. The van der Waals surface area contributed by atoms with Crippen molar-refractivity contribution in [1.29, 1.82) is 0 Å². The number of halogens is 4. The van der Waals surface area contributed by atoms with E-state index in [1.54, 1.807) is 17.0 Å². The average Bonchev–Trinajstić information content (AvgIpc) is 3.03. The Labute approximate surface area is 190 Å². The summed E-state index contributed by atoms with van der Waals surface area (Å²) in [5.74, 6) is -0.506. The van der Waals surface area contributed by atoms with E-state index in [1.165, 1.54) is 12.1 Å². The summed E-state index contributed by atoms with van der Waals surface area (Å²) in [6.45, 7) is 0.116. The van der Waals surface area contributed by atoms with Crippen LogP contribution >= 0.6 is 0 Å². The maximum atomic E-state index is 13.6. The molecule has 0 radical (unpaired) electrons. The Balaban J connectivity index is 1.48. The van der Waals surface area contributed by atoms with E-state index < -0.39 is 18.8 Å². The number of alkyl halides is 3. The van der Waals surface area contributed by atoms with Gasteiger partial charge < -0.3 is 20.3 Å². The second-order valence-corrected chi connectivity index (χ2v) is 8.44. The first kappa shape index (κ1) is 23.7. The highest BCUT2D eigenvalue weighted by Gasteiger charge is 2.36. The van der Waals surface area contributed by atoms with Crippen molar-refractivity contribution in [3.05, 3.63) is 71.0 Å². The molecule has 1 fully saturated rings. The lowest BCUT2D eigenvalue weighted by atomic mass is 9.87. The van der Waals surface area contributed by atoms with E-state index >= 15 is 0 Å². The van der Waals surface area contributed by atoms with Crippen LogP contribution in [-0.2, 0) is 16.0 Å². The van der Waals surface area contributed by atoms with Crippen LogP contribution < -0.4 is 10.6 Å². The molecule has 5 nitrogen and oxygen atoms in total.